The second-order valence-corrected chi connectivity index (χ2v) is 11.6. The number of rotatable bonds is 20. The Labute approximate surface area is 260 Å². The molecule has 1 aromatic carbocycles. The highest BCUT2D eigenvalue weighted by atomic mass is 16.5. The first-order valence-corrected chi connectivity index (χ1v) is 15.5. The van der Waals surface area contributed by atoms with Gasteiger partial charge in [0.05, 0.1) is 7.11 Å². The van der Waals surface area contributed by atoms with Crippen molar-refractivity contribution >= 4 is 11.9 Å². The van der Waals surface area contributed by atoms with Gasteiger partial charge in [0.1, 0.15) is 0 Å². The van der Waals surface area contributed by atoms with E-state index in [0.717, 1.165) is 62.5 Å². The fourth-order valence-corrected chi connectivity index (χ4v) is 4.35. The molecule has 2 N–H and O–H groups in total. The number of amides is 1. The van der Waals surface area contributed by atoms with Crippen molar-refractivity contribution in [1.29, 1.82) is 0 Å². The number of hydrogen-bond donors (Lipinski definition) is 2. The van der Waals surface area contributed by atoms with E-state index in [1.165, 1.54) is 35.5 Å². The highest BCUT2D eigenvalue weighted by molar-refractivity contribution is 5.80. The summed E-state index contributed by atoms with van der Waals surface area (Å²) in [7, 11) is 1.46. The molecule has 1 aromatic rings. The van der Waals surface area contributed by atoms with Gasteiger partial charge in [-0.05, 0) is 117 Å². The third-order valence-corrected chi connectivity index (χ3v) is 7.13. The van der Waals surface area contributed by atoms with Crippen molar-refractivity contribution in [2.75, 3.05) is 13.7 Å². The van der Waals surface area contributed by atoms with Crippen molar-refractivity contribution < 1.29 is 24.2 Å². The number of hydrogen-bond acceptors (Lipinski definition) is 5. The predicted octanol–water partition coefficient (Wildman–Crippen LogP) is 9.21. The van der Waals surface area contributed by atoms with E-state index in [-0.39, 0.29) is 37.2 Å². The van der Waals surface area contributed by atoms with Gasteiger partial charge in [0, 0.05) is 13.0 Å². The van der Waals surface area contributed by atoms with Crippen LogP contribution in [0, 0.1) is 0 Å². The predicted molar refractivity (Wildman–Crippen MR) is 178 cm³/mol. The molecule has 0 saturated carbocycles. The number of ether oxygens (including phenoxy) is 2. The summed E-state index contributed by atoms with van der Waals surface area (Å²) in [5.74, 6) is -0.401. The van der Waals surface area contributed by atoms with Crippen LogP contribution in [0.15, 0.2) is 76.4 Å². The zero-order valence-corrected chi connectivity index (χ0v) is 27.7. The molecule has 0 spiro atoms. The molecule has 0 aliphatic heterocycles. The van der Waals surface area contributed by atoms with Gasteiger partial charge >= 0.3 is 5.97 Å². The maximum absolute atomic E-state index is 12.1. The van der Waals surface area contributed by atoms with Gasteiger partial charge in [0.15, 0.2) is 18.1 Å². The number of nitrogens with one attached hydrogen (secondary N) is 1. The molecule has 0 aliphatic carbocycles. The normalized spacial score (nSPS) is 12.6. The minimum absolute atomic E-state index is 0.0344. The van der Waals surface area contributed by atoms with Gasteiger partial charge in [-0.15, -0.1) is 0 Å². The van der Waals surface area contributed by atoms with Crippen molar-refractivity contribution in [3.63, 3.8) is 0 Å². The van der Waals surface area contributed by atoms with Crippen LogP contribution in [0.2, 0.25) is 0 Å². The van der Waals surface area contributed by atoms with E-state index in [9.17, 15) is 14.7 Å². The number of aromatic hydroxyl groups is 1. The van der Waals surface area contributed by atoms with Gasteiger partial charge in [0.25, 0.3) is 5.91 Å². The highest BCUT2D eigenvalue weighted by Crippen LogP contribution is 2.26. The number of carbonyl (C=O) groups excluding carboxylic acids is 2. The van der Waals surface area contributed by atoms with Crippen molar-refractivity contribution in [2.45, 2.75) is 112 Å². The molecule has 0 heterocycles. The molecule has 6 nitrogen and oxygen atoms in total. The number of esters is 1. The second kappa shape index (κ2) is 22.1. The molecule has 1 rings (SSSR count). The Morgan fingerprint density at radius 2 is 1.23 bits per heavy atom. The average molecular weight is 594 g/mol. The summed E-state index contributed by atoms with van der Waals surface area (Å²) >= 11 is 0. The maximum atomic E-state index is 12.1. The van der Waals surface area contributed by atoms with E-state index < -0.39 is 0 Å². The molecule has 0 fully saturated rings. The minimum atomic E-state index is -0.390. The number of unbranched alkanes of at least 4 members (excludes halogenated alkanes) is 1. The quantitative estimate of drug-likeness (QED) is 0.0894. The van der Waals surface area contributed by atoms with Crippen LogP contribution in [-0.4, -0.2) is 30.7 Å². The molecular formula is C37H55NO5. The first-order valence-electron chi connectivity index (χ1n) is 15.5. The highest BCUT2D eigenvalue weighted by Gasteiger charge is 2.09. The average Bonchev–Trinajstić information content (AvgIpc) is 2.96. The van der Waals surface area contributed by atoms with E-state index in [2.05, 4.69) is 70.3 Å². The smallest absolute Gasteiger partial charge is 0.306 e. The maximum Gasteiger partial charge on any atom is 0.306 e. The molecular weight excluding hydrogens is 538 g/mol. The fraction of sp³-hybridized carbons (Fsp3) is 0.514. The number of benzene rings is 1. The number of allylic oxidation sites excluding steroid dienone is 10. The Bertz CT molecular complexity index is 1170. The number of phenolic OH excluding ortho intramolecular Hbond substituents is 1. The van der Waals surface area contributed by atoms with Gasteiger partial charge in [-0.25, -0.2) is 0 Å². The van der Waals surface area contributed by atoms with E-state index in [1.807, 2.05) is 6.92 Å². The Balaban J connectivity index is 2.21. The molecule has 43 heavy (non-hydrogen) atoms. The van der Waals surface area contributed by atoms with E-state index >= 15 is 0 Å². The molecule has 0 radical (unpaired) electrons. The molecule has 0 unspecified atom stereocenters. The van der Waals surface area contributed by atoms with Crippen LogP contribution in [0.25, 0.3) is 0 Å². The summed E-state index contributed by atoms with van der Waals surface area (Å²) in [4.78, 5) is 24.1. The minimum Gasteiger partial charge on any atom is -0.504 e. The number of carbonyl (C=O) groups is 2. The zero-order valence-electron chi connectivity index (χ0n) is 27.7. The monoisotopic (exact) mass is 593 g/mol. The lowest BCUT2D eigenvalue weighted by Crippen LogP contribution is -2.28. The lowest BCUT2D eigenvalue weighted by Gasteiger charge is -2.09. The molecule has 0 saturated heterocycles. The SMILES string of the molecule is COc1cc(CNC(=O)COC(=O)CCC(C)=CCCC(C)=CCCC=C(C)CCC=C(C)CCC=C(C)C)ccc1O. The Morgan fingerprint density at radius 1 is 0.721 bits per heavy atom. The third kappa shape index (κ3) is 19.3. The summed E-state index contributed by atoms with van der Waals surface area (Å²) in [6, 6.07) is 4.83. The van der Waals surface area contributed by atoms with Gasteiger partial charge in [-0.2, -0.15) is 0 Å². The third-order valence-electron chi connectivity index (χ3n) is 7.13. The van der Waals surface area contributed by atoms with Crippen molar-refractivity contribution in [2.24, 2.45) is 0 Å². The van der Waals surface area contributed by atoms with Gasteiger partial charge in [-0.1, -0.05) is 64.3 Å². The molecule has 0 aliphatic rings. The Hall–Kier alpha value is -3.54. The first kappa shape index (κ1) is 37.5. The van der Waals surface area contributed by atoms with Crippen LogP contribution in [0.4, 0.5) is 0 Å². The molecule has 1 amide bonds. The number of phenols is 1. The lowest BCUT2D eigenvalue weighted by molar-refractivity contribution is -0.148. The Morgan fingerprint density at radius 3 is 1.77 bits per heavy atom. The zero-order chi connectivity index (χ0) is 32.0. The molecule has 0 aromatic heterocycles. The molecule has 0 bridgehead atoms. The summed E-state index contributed by atoms with van der Waals surface area (Å²) in [6.45, 7) is 12.9. The van der Waals surface area contributed by atoms with Gasteiger partial charge < -0.3 is 19.9 Å². The number of methoxy groups -OCH3 is 1. The van der Waals surface area contributed by atoms with Crippen LogP contribution < -0.4 is 10.1 Å². The first-order chi connectivity index (χ1) is 20.5. The van der Waals surface area contributed by atoms with Gasteiger partial charge in [0.2, 0.25) is 0 Å². The fourth-order valence-electron chi connectivity index (χ4n) is 4.35. The summed E-state index contributed by atoms with van der Waals surface area (Å²) < 4.78 is 10.2. The van der Waals surface area contributed by atoms with E-state index in [1.54, 1.807) is 12.1 Å². The molecule has 238 valence electrons. The lowest BCUT2D eigenvalue weighted by atomic mass is 10.0. The molecule has 0 atom stereocenters. The topological polar surface area (TPSA) is 84.9 Å². The van der Waals surface area contributed by atoms with Crippen LogP contribution in [-0.2, 0) is 20.9 Å². The van der Waals surface area contributed by atoms with Crippen molar-refractivity contribution in [1.82, 2.24) is 5.32 Å². The van der Waals surface area contributed by atoms with Crippen LogP contribution >= 0.6 is 0 Å². The van der Waals surface area contributed by atoms with Gasteiger partial charge in [-0.3, -0.25) is 9.59 Å². The largest absolute Gasteiger partial charge is 0.504 e. The summed E-state index contributed by atoms with van der Waals surface area (Å²) in [5.41, 5.74) is 7.65. The van der Waals surface area contributed by atoms with E-state index in [4.69, 9.17) is 9.47 Å². The summed E-state index contributed by atoms with van der Waals surface area (Å²) in [6.07, 6.45) is 21.1. The second-order valence-electron chi connectivity index (χ2n) is 11.6. The van der Waals surface area contributed by atoms with Crippen molar-refractivity contribution in [3.8, 4) is 11.5 Å². The summed E-state index contributed by atoms with van der Waals surface area (Å²) in [5, 5.41) is 12.3. The Kier molecular flexibility index (Phi) is 19.2. The van der Waals surface area contributed by atoms with Crippen LogP contribution in [0.5, 0.6) is 11.5 Å². The molecule has 6 heteroatoms. The van der Waals surface area contributed by atoms with Crippen LogP contribution in [0.3, 0.4) is 0 Å². The standard InChI is InChI=1S/C37H55NO5/c1-28(2)13-10-16-31(5)19-11-17-29(3)14-8-9-15-30(4)18-12-20-32(6)21-24-37(41)43-27-36(40)38-26-33-22-23-34(39)35(25-33)42-7/h13-15,19-20,22-23,25,39H,8-12,16-18,21,24,26-27H2,1-7H3,(H,38,40). The van der Waals surface area contributed by atoms with E-state index in [0.29, 0.717) is 12.2 Å². The van der Waals surface area contributed by atoms with Crippen molar-refractivity contribution in [3.05, 3.63) is 82.0 Å². The van der Waals surface area contributed by atoms with Crippen LogP contribution in [0.1, 0.15) is 111 Å².